The second-order valence-electron chi connectivity index (χ2n) is 5.24. The standard InChI is InChI=1S/C16H26N2O4S/c1-4-5-6-8-15(19)18(9-7-10-21-2)11-14-17-13(12-23-14)16(20)22-3/h12H,4-11H2,1-3H3. The summed E-state index contributed by atoms with van der Waals surface area (Å²) < 4.78 is 9.71. The Bertz CT molecular complexity index is 490. The fraction of sp³-hybridized carbons (Fsp3) is 0.688. The topological polar surface area (TPSA) is 68.7 Å². The highest BCUT2D eigenvalue weighted by Gasteiger charge is 2.17. The van der Waals surface area contributed by atoms with Crippen LogP contribution in [0, 0.1) is 0 Å². The van der Waals surface area contributed by atoms with Crippen LogP contribution in [0.1, 0.15) is 54.5 Å². The zero-order valence-electron chi connectivity index (χ0n) is 14.2. The first-order valence-electron chi connectivity index (χ1n) is 7.91. The van der Waals surface area contributed by atoms with Gasteiger partial charge in [-0.2, -0.15) is 0 Å². The van der Waals surface area contributed by atoms with Gasteiger partial charge in [0.05, 0.1) is 13.7 Å². The lowest BCUT2D eigenvalue weighted by molar-refractivity contribution is -0.132. The Morgan fingerprint density at radius 1 is 1.26 bits per heavy atom. The van der Waals surface area contributed by atoms with Crippen molar-refractivity contribution >= 4 is 23.2 Å². The summed E-state index contributed by atoms with van der Waals surface area (Å²) in [7, 11) is 2.98. The molecule has 1 aromatic rings. The van der Waals surface area contributed by atoms with Gasteiger partial charge in [0.1, 0.15) is 5.01 Å². The summed E-state index contributed by atoms with van der Waals surface area (Å²) in [6, 6.07) is 0. The Balaban J connectivity index is 2.65. The molecule has 1 amide bonds. The minimum atomic E-state index is -0.451. The van der Waals surface area contributed by atoms with Crippen molar-refractivity contribution in [2.24, 2.45) is 0 Å². The number of unbranched alkanes of at least 4 members (excludes halogenated alkanes) is 2. The summed E-state index contributed by atoms with van der Waals surface area (Å²) in [5.41, 5.74) is 0.294. The summed E-state index contributed by atoms with van der Waals surface area (Å²) in [6.07, 6.45) is 4.38. The van der Waals surface area contributed by atoms with Crippen molar-refractivity contribution in [1.29, 1.82) is 0 Å². The second-order valence-corrected chi connectivity index (χ2v) is 6.18. The lowest BCUT2D eigenvalue weighted by atomic mass is 10.2. The number of ether oxygens (including phenoxy) is 2. The molecule has 1 heterocycles. The SMILES string of the molecule is CCCCCC(=O)N(CCCOC)Cc1nc(C(=O)OC)cs1. The molecule has 0 atom stereocenters. The Labute approximate surface area is 141 Å². The molecule has 0 saturated carbocycles. The van der Waals surface area contributed by atoms with Gasteiger partial charge in [-0.1, -0.05) is 19.8 Å². The van der Waals surface area contributed by atoms with Crippen LogP contribution in [0.3, 0.4) is 0 Å². The van der Waals surface area contributed by atoms with Crippen LogP contribution in [0.5, 0.6) is 0 Å². The molecule has 0 saturated heterocycles. The molecule has 1 rings (SSSR count). The highest BCUT2D eigenvalue weighted by atomic mass is 32.1. The zero-order valence-corrected chi connectivity index (χ0v) is 15.0. The highest BCUT2D eigenvalue weighted by Crippen LogP contribution is 2.15. The lowest BCUT2D eigenvalue weighted by Gasteiger charge is -2.21. The van der Waals surface area contributed by atoms with E-state index in [0.29, 0.717) is 31.8 Å². The van der Waals surface area contributed by atoms with Gasteiger partial charge in [-0.25, -0.2) is 9.78 Å². The maximum absolute atomic E-state index is 12.4. The smallest absolute Gasteiger partial charge is 0.357 e. The van der Waals surface area contributed by atoms with Crippen molar-refractivity contribution < 1.29 is 19.1 Å². The maximum atomic E-state index is 12.4. The highest BCUT2D eigenvalue weighted by molar-refractivity contribution is 7.09. The van der Waals surface area contributed by atoms with Crippen LogP contribution < -0.4 is 0 Å². The maximum Gasteiger partial charge on any atom is 0.357 e. The minimum absolute atomic E-state index is 0.129. The predicted octanol–water partition coefficient (Wildman–Crippen LogP) is 2.88. The van der Waals surface area contributed by atoms with E-state index in [2.05, 4.69) is 16.6 Å². The van der Waals surface area contributed by atoms with Gasteiger partial charge < -0.3 is 14.4 Å². The van der Waals surface area contributed by atoms with E-state index < -0.39 is 5.97 Å². The molecule has 7 heteroatoms. The van der Waals surface area contributed by atoms with Crippen molar-refractivity contribution in [1.82, 2.24) is 9.88 Å². The van der Waals surface area contributed by atoms with Crippen LogP contribution in [0.4, 0.5) is 0 Å². The molecule has 0 unspecified atom stereocenters. The summed E-state index contributed by atoms with van der Waals surface area (Å²) >= 11 is 1.37. The predicted molar refractivity (Wildman–Crippen MR) is 89.5 cm³/mol. The first-order chi connectivity index (χ1) is 11.1. The summed E-state index contributed by atoms with van der Waals surface area (Å²) in [6.45, 7) is 3.79. The Morgan fingerprint density at radius 2 is 2.04 bits per heavy atom. The van der Waals surface area contributed by atoms with Crippen molar-refractivity contribution in [3.8, 4) is 0 Å². The molecule has 0 aliphatic heterocycles. The average Bonchev–Trinajstić information content (AvgIpc) is 3.02. The van der Waals surface area contributed by atoms with Crippen LogP contribution >= 0.6 is 11.3 Å². The van der Waals surface area contributed by atoms with Crippen LogP contribution in [0.25, 0.3) is 0 Å². The quantitative estimate of drug-likeness (QED) is 0.457. The minimum Gasteiger partial charge on any atom is -0.464 e. The molecule has 0 fully saturated rings. The largest absolute Gasteiger partial charge is 0.464 e. The number of nitrogens with zero attached hydrogens (tertiary/aromatic N) is 2. The van der Waals surface area contributed by atoms with Gasteiger partial charge in [-0.15, -0.1) is 11.3 Å². The van der Waals surface area contributed by atoms with E-state index in [1.807, 2.05) is 0 Å². The van der Waals surface area contributed by atoms with Gasteiger partial charge in [0.25, 0.3) is 0 Å². The molecule has 0 aliphatic carbocycles. The van der Waals surface area contributed by atoms with E-state index >= 15 is 0 Å². The summed E-state index contributed by atoms with van der Waals surface area (Å²) in [4.78, 5) is 29.9. The van der Waals surface area contributed by atoms with Gasteiger partial charge in [0.15, 0.2) is 5.69 Å². The van der Waals surface area contributed by atoms with Crippen LogP contribution in [0.15, 0.2) is 5.38 Å². The Hall–Kier alpha value is -1.47. The molecule has 23 heavy (non-hydrogen) atoms. The van der Waals surface area contributed by atoms with Gasteiger partial charge in [-0.05, 0) is 12.8 Å². The van der Waals surface area contributed by atoms with Crippen LogP contribution in [-0.4, -0.2) is 49.1 Å². The van der Waals surface area contributed by atoms with Crippen LogP contribution in [0.2, 0.25) is 0 Å². The summed E-state index contributed by atoms with van der Waals surface area (Å²) in [5.74, 6) is -0.322. The molecule has 130 valence electrons. The third-order valence-corrected chi connectivity index (χ3v) is 4.23. The number of hydrogen-bond acceptors (Lipinski definition) is 6. The molecule has 1 aromatic heterocycles. The van der Waals surface area contributed by atoms with E-state index in [9.17, 15) is 9.59 Å². The average molecular weight is 342 g/mol. The molecule has 0 aliphatic rings. The normalized spacial score (nSPS) is 10.6. The number of rotatable bonds is 11. The molecule has 0 bridgehead atoms. The van der Waals surface area contributed by atoms with Gasteiger partial charge in [-0.3, -0.25) is 4.79 Å². The fourth-order valence-corrected chi connectivity index (χ4v) is 2.90. The van der Waals surface area contributed by atoms with E-state index in [1.165, 1.54) is 18.4 Å². The van der Waals surface area contributed by atoms with E-state index in [4.69, 9.17) is 4.74 Å². The number of carbonyl (C=O) groups is 2. The van der Waals surface area contributed by atoms with Crippen molar-refractivity contribution in [2.45, 2.75) is 45.6 Å². The third kappa shape index (κ3) is 7.09. The van der Waals surface area contributed by atoms with Crippen molar-refractivity contribution in [3.63, 3.8) is 0 Å². The number of thiazole rings is 1. The third-order valence-electron chi connectivity index (χ3n) is 3.40. The van der Waals surface area contributed by atoms with Gasteiger partial charge in [0.2, 0.25) is 5.91 Å². The number of aromatic nitrogens is 1. The summed E-state index contributed by atoms with van der Waals surface area (Å²) in [5, 5.41) is 2.41. The number of amides is 1. The molecular weight excluding hydrogens is 316 g/mol. The van der Waals surface area contributed by atoms with E-state index in [0.717, 1.165) is 30.7 Å². The molecule has 0 aromatic carbocycles. The van der Waals surface area contributed by atoms with Crippen molar-refractivity contribution in [2.75, 3.05) is 27.4 Å². The number of esters is 1. The second kappa shape index (κ2) is 11.1. The molecule has 0 radical (unpaired) electrons. The van der Waals surface area contributed by atoms with E-state index in [1.54, 1.807) is 17.4 Å². The van der Waals surface area contributed by atoms with Crippen molar-refractivity contribution in [3.05, 3.63) is 16.1 Å². The lowest BCUT2D eigenvalue weighted by Crippen LogP contribution is -2.32. The van der Waals surface area contributed by atoms with Gasteiger partial charge >= 0.3 is 5.97 Å². The molecule has 6 nitrogen and oxygen atoms in total. The first kappa shape index (κ1) is 19.6. The number of hydrogen-bond donors (Lipinski definition) is 0. The number of methoxy groups -OCH3 is 2. The first-order valence-corrected chi connectivity index (χ1v) is 8.79. The molecule has 0 spiro atoms. The Kier molecular flexibility index (Phi) is 9.47. The van der Waals surface area contributed by atoms with E-state index in [-0.39, 0.29) is 5.91 Å². The monoisotopic (exact) mass is 342 g/mol. The zero-order chi connectivity index (χ0) is 17.1. The molecule has 0 N–H and O–H groups in total. The fourth-order valence-electron chi connectivity index (χ4n) is 2.12. The Morgan fingerprint density at radius 3 is 2.70 bits per heavy atom. The molecular formula is C16H26N2O4S. The van der Waals surface area contributed by atoms with Gasteiger partial charge in [0, 0.05) is 32.1 Å². The van der Waals surface area contributed by atoms with Crippen LogP contribution in [-0.2, 0) is 20.8 Å². The number of carbonyl (C=O) groups excluding carboxylic acids is 2.